The van der Waals surface area contributed by atoms with E-state index in [1.54, 1.807) is 31.4 Å². The SMILES string of the molecule is CC(C)OC(=O)CC(NC(=O)CN(C)S(=O)(=O)c1cccs1)c1ccccc1[N+](=O)[O-]. The number of sulfonamides is 1. The predicted molar refractivity (Wildman–Crippen MR) is 114 cm³/mol. The van der Waals surface area contributed by atoms with Crippen molar-refractivity contribution in [2.75, 3.05) is 13.6 Å². The molecule has 1 atom stereocenters. The number of hydrogen-bond acceptors (Lipinski definition) is 8. The summed E-state index contributed by atoms with van der Waals surface area (Å²) >= 11 is 1.02. The van der Waals surface area contributed by atoms with Crippen LogP contribution in [0.1, 0.15) is 31.9 Å². The van der Waals surface area contributed by atoms with Crippen molar-refractivity contribution in [3.63, 3.8) is 0 Å². The van der Waals surface area contributed by atoms with Gasteiger partial charge < -0.3 is 10.1 Å². The molecular formula is C19H23N3O7S2. The normalized spacial score (nSPS) is 12.5. The number of carbonyl (C=O) groups excluding carboxylic acids is 2. The number of hydrogen-bond donors (Lipinski definition) is 1. The number of nitro groups is 1. The standard InChI is InChI=1S/C19H23N3O7S2/c1-13(2)29-18(24)11-15(14-7-4-5-8-16(14)22(25)26)20-17(23)12-21(3)31(27,28)19-9-6-10-30-19/h4-10,13,15H,11-12H2,1-3H3,(H,20,23). The van der Waals surface area contributed by atoms with Crippen LogP contribution in [0.5, 0.6) is 0 Å². The van der Waals surface area contributed by atoms with Gasteiger partial charge in [0.05, 0.1) is 35.6 Å². The van der Waals surface area contributed by atoms with Crippen LogP contribution in [-0.4, -0.2) is 49.2 Å². The molecule has 0 aliphatic heterocycles. The molecule has 168 valence electrons. The van der Waals surface area contributed by atoms with Crippen LogP contribution in [0.4, 0.5) is 5.69 Å². The molecule has 1 aromatic heterocycles. The molecular weight excluding hydrogens is 446 g/mol. The molecule has 2 aromatic rings. The van der Waals surface area contributed by atoms with E-state index in [4.69, 9.17) is 4.74 Å². The summed E-state index contributed by atoms with van der Waals surface area (Å²) in [5, 5.41) is 15.5. The van der Waals surface area contributed by atoms with E-state index in [-0.39, 0.29) is 21.9 Å². The molecule has 0 spiro atoms. The van der Waals surface area contributed by atoms with E-state index in [1.165, 1.54) is 31.3 Å². The summed E-state index contributed by atoms with van der Waals surface area (Å²) in [7, 11) is -2.61. The van der Waals surface area contributed by atoms with Gasteiger partial charge in [0, 0.05) is 13.1 Å². The third kappa shape index (κ3) is 6.57. The third-order valence-electron chi connectivity index (χ3n) is 4.11. The van der Waals surface area contributed by atoms with Crippen LogP contribution < -0.4 is 5.32 Å². The van der Waals surface area contributed by atoms with Gasteiger partial charge in [0.1, 0.15) is 4.21 Å². The van der Waals surface area contributed by atoms with Crippen LogP contribution in [-0.2, 0) is 24.3 Å². The number of benzene rings is 1. The third-order valence-corrected chi connectivity index (χ3v) is 7.28. The number of nitrogens with zero attached hydrogens (tertiary/aromatic N) is 2. The Bertz CT molecular complexity index is 1040. The van der Waals surface area contributed by atoms with Gasteiger partial charge in [-0.25, -0.2) is 8.42 Å². The summed E-state index contributed by atoms with van der Waals surface area (Å²) < 4.78 is 31.1. The summed E-state index contributed by atoms with van der Waals surface area (Å²) in [5.41, 5.74) is -0.157. The number of thiophene rings is 1. The highest BCUT2D eigenvalue weighted by molar-refractivity contribution is 7.91. The fourth-order valence-electron chi connectivity index (χ4n) is 2.76. The average Bonchev–Trinajstić information content (AvgIpc) is 3.22. The molecule has 0 aliphatic rings. The minimum Gasteiger partial charge on any atom is -0.463 e. The van der Waals surface area contributed by atoms with Crippen LogP contribution in [0.2, 0.25) is 0 Å². The molecule has 1 N–H and O–H groups in total. The maximum Gasteiger partial charge on any atom is 0.308 e. The van der Waals surface area contributed by atoms with Gasteiger partial charge in [0.25, 0.3) is 15.7 Å². The van der Waals surface area contributed by atoms with Crippen LogP contribution in [0, 0.1) is 10.1 Å². The van der Waals surface area contributed by atoms with Crippen molar-refractivity contribution in [2.45, 2.75) is 36.6 Å². The first kappa shape index (κ1) is 24.4. The lowest BCUT2D eigenvalue weighted by molar-refractivity contribution is -0.385. The Labute approximate surface area is 184 Å². The van der Waals surface area contributed by atoms with Gasteiger partial charge in [-0.15, -0.1) is 11.3 Å². The first-order valence-corrected chi connectivity index (χ1v) is 11.6. The van der Waals surface area contributed by atoms with Crippen molar-refractivity contribution in [3.8, 4) is 0 Å². The number of nitro benzene ring substituents is 1. The molecule has 1 unspecified atom stereocenters. The summed E-state index contributed by atoms with van der Waals surface area (Å²) in [4.78, 5) is 35.6. The fourth-order valence-corrected chi connectivity index (χ4v) is 5.08. The molecule has 31 heavy (non-hydrogen) atoms. The lowest BCUT2D eigenvalue weighted by Gasteiger charge is -2.21. The highest BCUT2D eigenvalue weighted by Crippen LogP contribution is 2.28. The first-order chi connectivity index (χ1) is 14.5. The monoisotopic (exact) mass is 469 g/mol. The van der Waals surface area contributed by atoms with Gasteiger partial charge >= 0.3 is 5.97 Å². The number of para-hydroxylation sites is 1. The van der Waals surface area contributed by atoms with Crippen molar-refractivity contribution in [1.29, 1.82) is 0 Å². The zero-order valence-corrected chi connectivity index (χ0v) is 18.8. The number of esters is 1. The van der Waals surface area contributed by atoms with Gasteiger partial charge in [-0.1, -0.05) is 24.3 Å². The van der Waals surface area contributed by atoms with Crippen LogP contribution in [0.15, 0.2) is 46.0 Å². The maximum atomic E-state index is 12.6. The summed E-state index contributed by atoms with van der Waals surface area (Å²) in [6.07, 6.45) is -0.757. The molecule has 0 radical (unpaired) electrons. The Hall–Kier alpha value is -2.83. The van der Waals surface area contributed by atoms with Crippen molar-refractivity contribution in [1.82, 2.24) is 9.62 Å². The van der Waals surface area contributed by atoms with Crippen LogP contribution in [0.3, 0.4) is 0 Å². The number of nitrogens with one attached hydrogen (secondary N) is 1. The van der Waals surface area contributed by atoms with Gasteiger partial charge in [0.2, 0.25) is 5.91 Å². The topological polar surface area (TPSA) is 136 Å². The summed E-state index contributed by atoms with van der Waals surface area (Å²) in [6.45, 7) is 2.78. The summed E-state index contributed by atoms with van der Waals surface area (Å²) in [6, 6.07) is 7.63. The van der Waals surface area contributed by atoms with E-state index in [0.29, 0.717) is 0 Å². The number of likely N-dealkylation sites (N-methyl/N-ethyl adjacent to an activating group) is 1. The lowest BCUT2D eigenvalue weighted by Crippen LogP contribution is -2.40. The highest BCUT2D eigenvalue weighted by Gasteiger charge is 2.29. The van der Waals surface area contributed by atoms with E-state index in [9.17, 15) is 28.1 Å². The molecule has 0 saturated heterocycles. The van der Waals surface area contributed by atoms with Crippen molar-refractivity contribution < 1.29 is 27.7 Å². The van der Waals surface area contributed by atoms with E-state index in [1.807, 2.05) is 0 Å². The Morgan fingerprint density at radius 3 is 2.48 bits per heavy atom. The average molecular weight is 470 g/mol. The maximum absolute atomic E-state index is 12.6. The van der Waals surface area contributed by atoms with Crippen LogP contribution in [0.25, 0.3) is 0 Å². The molecule has 0 aliphatic carbocycles. The van der Waals surface area contributed by atoms with Crippen molar-refractivity contribution >= 4 is 38.9 Å². The van der Waals surface area contributed by atoms with E-state index < -0.39 is 45.5 Å². The molecule has 10 nitrogen and oxygen atoms in total. The smallest absolute Gasteiger partial charge is 0.308 e. The van der Waals surface area contributed by atoms with Gasteiger partial charge in [-0.3, -0.25) is 19.7 Å². The largest absolute Gasteiger partial charge is 0.463 e. The first-order valence-electron chi connectivity index (χ1n) is 9.24. The molecule has 1 aromatic carbocycles. The second-order valence-electron chi connectivity index (χ2n) is 6.87. The molecule has 0 fully saturated rings. The molecule has 1 heterocycles. The van der Waals surface area contributed by atoms with Crippen molar-refractivity contribution in [3.05, 3.63) is 57.5 Å². The highest BCUT2D eigenvalue weighted by atomic mass is 32.2. The van der Waals surface area contributed by atoms with Crippen LogP contribution >= 0.6 is 11.3 Å². The minimum atomic E-state index is -3.86. The molecule has 2 rings (SSSR count). The Morgan fingerprint density at radius 2 is 1.90 bits per heavy atom. The fraction of sp³-hybridized carbons (Fsp3) is 0.368. The second-order valence-corrected chi connectivity index (χ2v) is 10.1. The molecule has 12 heteroatoms. The van der Waals surface area contributed by atoms with E-state index >= 15 is 0 Å². The molecule has 0 bridgehead atoms. The quantitative estimate of drug-likeness (QED) is 0.321. The number of carbonyl (C=O) groups is 2. The minimum absolute atomic E-state index is 0.0820. The van der Waals surface area contributed by atoms with E-state index in [0.717, 1.165) is 15.6 Å². The van der Waals surface area contributed by atoms with Crippen molar-refractivity contribution in [2.24, 2.45) is 0 Å². The lowest BCUT2D eigenvalue weighted by atomic mass is 10.0. The Balaban J connectivity index is 2.23. The molecule has 1 amide bonds. The summed E-state index contributed by atoms with van der Waals surface area (Å²) in [5.74, 6) is -1.37. The second kappa shape index (κ2) is 10.5. The van der Waals surface area contributed by atoms with Gasteiger partial charge in [0.15, 0.2) is 0 Å². The zero-order chi connectivity index (χ0) is 23.2. The zero-order valence-electron chi connectivity index (χ0n) is 17.2. The van der Waals surface area contributed by atoms with Gasteiger partial charge in [-0.05, 0) is 25.3 Å². The number of amides is 1. The molecule has 0 saturated carbocycles. The Kier molecular flexibility index (Phi) is 8.25. The number of ether oxygens (including phenoxy) is 1. The Morgan fingerprint density at radius 1 is 1.23 bits per heavy atom. The van der Waals surface area contributed by atoms with E-state index in [2.05, 4.69) is 5.32 Å². The van der Waals surface area contributed by atoms with Gasteiger partial charge in [-0.2, -0.15) is 4.31 Å². The predicted octanol–water partition coefficient (Wildman–Crippen LogP) is 2.48. The number of rotatable bonds is 10.